The van der Waals surface area contributed by atoms with E-state index in [1.54, 1.807) is 24.4 Å². The van der Waals surface area contributed by atoms with Gasteiger partial charge in [0.25, 0.3) is 5.91 Å². The molecule has 0 radical (unpaired) electrons. The lowest BCUT2D eigenvalue weighted by atomic mass is 10.2. The van der Waals surface area contributed by atoms with Gasteiger partial charge in [-0.2, -0.15) is 0 Å². The number of nitrogens with one attached hydrogen (secondary N) is 2. The van der Waals surface area contributed by atoms with Gasteiger partial charge in [0, 0.05) is 15.2 Å². The Hall–Kier alpha value is -2.48. The van der Waals surface area contributed by atoms with Gasteiger partial charge < -0.3 is 10.6 Å². The first-order chi connectivity index (χ1) is 11.6. The summed E-state index contributed by atoms with van der Waals surface area (Å²) in [6, 6.07) is 16.6. The maximum absolute atomic E-state index is 12.1. The molecule has 5 nitrogen and oxygen atoms in total. The SMILES string of the molecule is O=C(CNC(=O)c1ccccc1I)Nc1cccc2cccnc12. The van der Waals surface area contributed by atoms with Gasteiger partial charge in [0.05, 0.1) is 23.3 Å². The molecule has 2 amide bonds. The molecule has 0 aliphatic carbocycles. The maximum Gasteiger partial charge on any atom is 0.252 e. The topological polar surface area (TPSA) is 71.1 Å². The van der Waals surface area contributed by atoms with Crippen LogP contribution in [0.1, 0.15) is 10.4 Å². The minimum absolute atomic E-state index is 0.104. The number of carbonyl (C=O) groups is 2. The second-order valence-electron chi connectivity index (χ2n) is 5.09. The van der Waals surface area contributed by atoms with Crippen LogP contribution in [0.3, 0.4) is 0 Å². The van der Waals surface area contributed by atoms with Crippen LogP contribution in [0.5, 0.6) is 0 Å². The number of halogens is 1. The number of para-hydroxylation sites is 1. The van der Waals surface area contributed by atoms with E-state index < -0.39 is 0 Å². The van der Waals surface area contributed by atoms with E-state index >= 15 is 0 Å². The van der Waals surface area contributed by atoms with Crippen molar-refractivity contribution in [3.63, 3.8) is 0 Å². The standard InChI is InChI=1S/C18H14IN3O2/c19-14-8-2-1-7-13(14)18(24)21-11-16(23)22-15-9-3-5-12-6-4-10-20-17(12)15/h1-10H,11H2,(H,21,24)(H,22,23). The highest BCUT2D eigenvalue weighted by molar-refractivity contribution is 14.1. The van der Waals surface area contributed by atoms with Gasteiger partial charge in [-0.15, -0.1) is 0 Å². The largest absolute Gasteiger partial charge is 0.343 e. The van der Waals surface area contributed by atoms with Gasteiger partial charge >= 0.3 is 0 Å². The fourth-order valence-electron chi connectivity index (χ4n) is 2.30. The average Bonchev–Trinajstić information content (AvgIpc) is 2.60. The molecule has 3 rings (SSSR count). The van der Waals surface area contributed by atoms with Crippen molar-refractivity contribution < 1.29 is 9.59 Å². The van der Waals surface area contributed by atoms with Crippen molar-refractivity contribution in [3.05, 3.63) is 69.9 Å². The Balaban J connectivity index is 1.66. The van der Waals surface area contributed by atoms with E-state index in [0.717, 1.165) is 14.5 Å². The summed E-state index contributed by atoms with van der Waals surface area (Å²) in [5, 5.41) is 6.36. The molecule has 0 saturated heterocycles. The molecule has 2 N–H and O–H groups in total. The zero-order valence-corrected chi connectivity index (χ0v) is 14.8. The molecule has 0 saturated carbocycles. The number of rotatable bonds is 4. The zero-order chi connectivity index (χ0) is 16.9. The van der Waals surface area contributed by atoms with E-state index in [0.29, 0.717) is 11.3 Å². The van der Waals surface area contributed by atoms with Crippen LogP contribution in [0.15, 0.2) is 60.8 Å². The van der Waals surface area contributed by atoms with Crippen molar-refractivity contribution in [3.8, 4) is 0 Å². The van der Waals surface area contributed by atoms with E-state index in [9.17, 15) is 9.59 Å². The van der Waals surface area contributed by atoms with Crippen molar-refractivity contribution >= 4 is 51.0 Å². The van der Waals surface area contributed by atoms with E-state index in [2.05, 4.69) is 38.2 Å². The molecule has 0 fully saturated rings. The molecule has 0 bridgehead atoms. The first-order valence-corrected chi connectivity index (χ1v) is 8.39. The smallest absolute Gasteiger partial charge is 0.252 e. The molecule has 120 valence electrons. The van der Waals surface area contributed by atoms with Gasteiger partial charge in [-0.1, -0.05) is 30.3 Å². The van der Waals surface area contributed by atoms with E-state index in [1.807, 2.05) is 36.4 Å². The molecule has 6 heteroatoms. The van der Waals surface area contributed by atoms with Crippen LogP contribution in [-0.4, -0.2) is 23.3 Å². The zero-order valence-electron chi connectivity index (χ0n) is 12.6. The predicted octanol–water partition coefficient (Wildman–Crippen LogP) is 3.21. The average molecular weight is 431 g/mol. The van der Waals surface area contributed by atoms with E-state index in [-0.39, 0.29) is 18.4 Å². The molecular weight excluding hydrogens is 417 g/mol. The lowest BCUT2D eigenvalue weighted by molar-refractivity contribution is -0.115. The molecule has 0 aliphatic heterocycles. The molecule has 0 aliphatic rings. The van der Waals surface area contributed by atoms with Crippen LogP contribution in [0.4, 0.5) is 5.69 Å². The highest BCUT2D eigenvalue weighted by Gasteiger charge is 2.11. The third-order valence-electron chi connectivity index (χ3n) is 3.43. The highest BCUT2D eigenvalue weighted by atomic mass is 127. The second-order valence-corrected chi connectivity index (χ2v) is 6.25. The van der Waals surface area contributed by atoms with Crippen LogP contribution in [0.2, 0.25) is 0 Å². The van der Waals surface area contributed by atoms with Crippen LogP contribution in [-0.2, 0) is 4.79 Å². The minimum Gasteiger partial charge on any atom is -0.343 e. The highest BCUT2D eigenvalue weighted by Crippen LogP contribution is 2.20. The van der Waals surface area contributed by atoms with E-state index in [4.69, 9.17) is 0 Å². The normalized spacial score (nSPS) is 10.4. The fraction of sp³-hybridized carbons (Fsp3) is 0.0556. The molecule has 1 heterocycles. The Morgan fingerprint density at radius 3 is 2.62 bits per heavy atom. The third-order valence-corrected chi connectivity index (χ3v) is 4.38. The number of nitrogens with zero attached hydrogens (tertiary/aromatic N) is 1. The van der Waals surface area contributed by atoms with Gasteiger partial charge in [-0.25, -0.2) is 0 Å². The van der Waals surface area contributed by atoms with Crippen molar-refractivity contribution in [2.45, 2.75) is 0 Å². The molecule has 2 aromatic carbocycles. The number of carbonyl (C=O) groups excluding carboxylic acids is 2. The van der Waals surface area contributed by atoms with Crippen molar-refractivity contribution in [2.75, 3.05) is 11.9 Å². The Kier molecular flexibility index (Phi) is 5.05. The van der Waals surface area contributed by atoms with Crippen molar-refractivity contribution in [2.24, 2.45) is 0 Å². The number of hydrogen-bond donors (Lipinski definition) is 2. The number of aromatic nitrogens is 1. The van der Waals surface area contributed by atoms with Crippen molar-refractivity contribution in [1.82, 2.24) is 10.3 Å². The van der Waals surface area contributed by atoms with Crippen LogP contribution >= 0.6 is 22.6 Å². The second kappa shape index (κ2) is 7.39. The van der Waals surface area contributed by atoms with Crippen LogP contribution in [0, 0.1) is 3.57 Å². The summed E-state index contributed by atoms with van der Waals surface area (Å²) in [5.41, 5.74) is 1.90. The molecule has 0 atom stereocenters. The number of benzene rings is 2. The van der Waals surface area contributed by atoms with Crippen LogP contribution in [0.25, 0.3) is 10.9 Å². The number of fused-ring (bicyclic) bond motifs is 1. The molecule has 24 heavy (non-hydrogen) atoms. The Bertz CT molecular complexity index is 906. The van der Waals surface area contributed by atoms with E-state index in [1.165, 1.54) is 0 Å². The summed E-state index contributed by atoms with van der Waals surface area (Å²) in [5.74, 6) is -0.571. The van der Waals surface area contributed by atoms with Gasteiger partial charge in [0.1, 0.15) is 0 Å². The summed E-state index contributed by atoms with van der Waals surface area (Å²) < 4.78 is 0.839. The van der Waals surface area contributed by atoms with Gasteiger partial charge in [-0.05, 0) is 46.9 Å². The van der Waals surface area contributed by atoms with Gasteiger partial charge in [0.2, 0.25) is 5.91 Å². The van der Waals surface area contributed by atoms with Gasteiger partial charge in [0.15, 0.2) is 0 Å². The lowest BCUT2D eigenvalue weighted by Crippen LogP contribution is -2.33. The maximum atomic E-state index is 12.1. The third kappa shape index (κ3) is 3.70. The number of hydrogen-bond acceptors (Lipinski definition) is 3. The molecular formula is C18H14IN3O2. The summed E-state index contributed by atoms with van der Waals surface area (Å²) in [6.07, 6.45) is 1.68. The number of amides is 2. The molecule has 3 aromatic rings. The summed E-state index contributed by atoms with van der Waals surface area (Å²) >= 11 is 2.09. The predicted molar refractivity (Wildman–Crippen MR) is 102 cm³/mol. The summed E-state index contributed by atoms with van der Waals surface area (Å²) in [4.78, 5) is 28.5. The molecule has 1 aromatic heterocycles. The molecule has 0 spiro atoms. The first-order valence-electron chi connectivity index (χ1n) is 7.31. The molecule has 0 unspecified atom stereocenters. The summed E-state index contributed by atoms with van der Waals surface area (Å²) in [7, 11) is 0. The summed E-state index contributed by atoms with van der Waals surface area (Å²) in [6.45, 7) is -0.104. The quantitative estimate of drug-likeness (QED) is 0.624. The van der Waals surface area contributed by atoms with Gasteiger partial charge in [-0.3, -0.25) is 14.6 Å². The minimum atomic E-state index is -0.299. The van der Waals surface area contributed by atoms with Crippen LogP contribution < -0.4 is 10.6 Å². The van der Waals surface area contributed by atoms with Crippen molar-refractivity contribution in [1.29, 1.82) is 0 Å². The Labute approximate surface area is 152 Å². The number of anilines is 1. The Morgan fingerprint density at radius 2 is 1.79 bits per heavy atom. The first kappa shape index (κ1) is 16.4. The lowest BCUT2D eigenvalue weighted by Gasteiger charge is -2.09. The fourth-order valence-corrected chi connectivity index (χ4v) is 2.93. The number of pyridine rings is 1. The monoisotopic (exact) mass is 431 g/mol. The Morgan fingerprint density at radius 1 is 1.00 bits per heavy atom.